The van der Waals surface area contributed by atoms with Crippen LogP contribution in [0.1, 0.15) is 12.5 Å². The Hall–Kier alpha value is -1.55. The van der Waals surface area contributed by atoms with Gasteiger partial charge in [0.1, 0.15) is 5.75 Å². The van der Waals surface area contributed by atoms with Gasteiger partial charge in [0.25, 0.3) is 0 Å². The fourth-order valence-electron chi connectivity index (χ4n) is 1.19. The van der Waals surface area contributed by atoms with Gasteiger partial charge >= 0.3 is 5.97 Å². The van der Waals surface area contributed by atoms with Gasteiger partial charge in [-0.05, 0) is 25.0 Å². The summed E-state index contributed by atoms with van der Waals surface area (Å²) in [5.74, 6) is -0.491. The van der Waals surface area contributed by atoms with Crippen molar-refractivity contribution >= 4 is 5.97 Å². The largest absolute Gasteiger partial charge is 0.479 e. The number of aliphatic hydroxyl groups excluding tert-OH is 1. The average Bonchev–Trinajstić information content (AvgIpc) is 2.21. The molecule has 4 heteroatoms. The Morgan fingerprint density at radius 1 is 1.47 bits per heavy atom. The fraction of sp³-hybridized carbons (Fsp3) is 0.364. The van der Waals surface area contributed by atoms with Crippen molar-refractivity contribution in [2.24, 2.45) is 0 Å². The summed E-state index contributed by atoms with van der Waals surface area (Å²) in [5, 5.41) is 17.5. The molecular formula is C11H14O4. The zero-order valence-electron chi connectivity index (χ0n) is 8.51. The number of aliphatic carboxylic acids is 1. The maximum atomic E-state index is 10.6. The highest BCUT2D eigenvalue weighted by molar-refractivity contribution is 5.72. The molecule has 15 heavy (non-hydrogen) atoms. The number of rotatable bonds is 5. The Morgan fingerprint density at radius 3 is 2.73 bits per heavy atom. The van der Waals surface area contributed by atoms with Gasteiger partial charge in [0.05, 0.1) is 0 Å². The average molecular weight is 210 g/mol. The maximum absolute atomic E-state index is 10.6. The number of hydrogen-bond donors (Lipinski definition) is 2. The van der Waals surface area contributed by atoms with Gasteiger partial charge < -0.3 is 14.9 Å². The first-order valence-electron chi connectivity index (χ1n) is 4.73. The Kier molecular flexibility index (Phi) is 4.12. The molecule has 1 rings (SSSR count). The van der Waals surface area contributed by atoms with E-state index < -0.39 is 12.1 Å². The number of para-hydroxylation sites is 1. The third-order valence-corrected chi connectivity index (χ3v) is 2.01. The van der Waals surface area contributed by atoms with Gasteiger partial charge in [0, 0.05) is 6.61 Å². The predicted molar refractivity (Wildman–Crippen MR) is 55.0 cm³/mol. The van der Waals surface area contributed by atoms with E-state index in [0.717, 1.165) is 5.56 Å². The van der Waals surface area contributed by atoms with E-state index in [2.05, 4.69) is 0 Å². The lowest BCUT2D eigenvalue weighted by Crippen LogP contribution is -2.23. The van der Waals surface area contributed by atoms with E-state index in [1.165, 1.54) is 6.92 Å². The molecule has 1 aromatic rings. The summed E-state index contributed by atoms with van der Waals surface area (Å²) in [6, 6.07) is 7.10. The molecule has 0 radical (unpaired) electrons. The van der Waals surface area contributed by atoms with Crippen molar-refractivity contribution in [1.82, 2.24) is 0 Å². The van der Waals surface area contributed by atoms with Crippen molar-refractivity contribution in [2.75, 3.05) is 6.61 Å². The SMILES string of the molecule is CC(Oc1ccccc1CCO)C(=O)O. The molecule has 0 saturated heterocycles. The zero-order chi connectivity index (χ0) is 11.3. The van der Waals surface area contributed by atoms with Crippen LogP contribution in [0.15, 0.2) is 24.3 Å². The molecule has 0 fully saturated rings. The molecule has 4 nitrogen and oxygen atoms in total. The molecule has 0 aliphatic heterocycles. The van der Waals surface area contributed by atoms with Crippen LogP contribution in [0.4, 0.5) is 0 Å². The summed E-state index contributed by atoms with van der Waals surface area (Å²) < 4.78 is 5.25. The lowest BCUT2D eigenvalue weighted by atomic mass is 10.1. The Balaban J connectivity index is 2.79. The lowest BCUT2D eigenvalue weighted by Gasteiger charge is -2.13. The standard InChI is InChI=1S/C11H14O4/c1-8(11(13)14)15-10-5-3-2-4-9(10)6-7-12/h2-5,8,12H,6-7H2,1H3,(H,13,14). The van der Waals surface area contributed by atoms with Gasteiger partial charge in [-0.2, -0.15) is 0 Å². The number of carbonyl (C=O) groups is 1. The minimum absolute atomic E-state index is 0.0157. The molecular weight excluding hydrogens is 196 g/mol. The van der Waals surface area contributed by atoms with E-state index >= 15 is 0 Å². The van der Waals surface area contributed by atoms with Gasteiger partial charge in [-0.15, -0.1) is 0 Å². The molecule has 0 aliphatic rings. The number of carboxylic acid groups (broad SMARTS) is 1. The van der Waals surface area contributed by atoms with Gasteiger partial charge in [-0.25, -0.2) is 4.79 Å². The first-order valence-corrected chi connectivity index (χ1v) is 4.73. The van der Waals surface area contributed by atoms with E-state index in [0.29, 0.717) is 12.2 Å². The molecule has 1 aromatic carbocycles. The highest BCUT2D eigenvalue weighted by Gasteiger charge is 2.13. The predicted octanol–water partition coefficient (Wildman–Crippen LogP) is 1.07. The summed E-state index contributed by atoms with van der Waals surface area (Å²) in [6.07, 6.45) is -0.424. The third kappa shape index (κ3) is 3.25. The van der Waals surface area contributed by atoms with Crippen molar-refractivity contribution in [3.63, 3.8) is 0 Å². The van der Waals surface area contributed by atoms with Gasteiger partial charge in [0.2, 0.25) is 0 Å². The van der Waals surface area contributed by atoms with Crippen LogP contribution in [0.2, 0.25) is 0 Å². The van der Waals surface area contributed by atoms with E-state index in [1.54, 1.807) is 18.2 Å². The number of carboxylic acids is 1. The van der Waals surface area contributed by atoms with Crippen LogP contribution in [0, 0.1) is 0 Å². The Bertz CT molecular complexity index is 335. The summed E-state index contributed by atoms with van der Waals surface area (Å²) in [4.78, 5) is 10.6. The monoisotopic (exact) mass is 210 g/mol. The van der Waals surface area contributed by atoms with Crippen molar-refractivity contribution in [2.45, 2.75) is 19.4 Å². The van der Waals surface area contributed by atoms with Gasteiger partial charge in [0.15, 0.2) is 6.10 Å². The maximum Gasteiger partial charge on any atom is 0.344 e. The minimum atomic E-state index is -1.01. The molecule has 0 aliphatic carbocycles. The van der Waals surface area contributed by atoms with Crippen LogP contribution in [-0.2, 0) is 11.2 Å². The Labute approximate surface area is 88.1 Å². The van der Waals surface area contributed by atoms with E-state index in [1.807, 2.05) is 6.07 Å². The number of benzene rings is 1. The number of hydrogen-bond acceptors (Lipinski definition) is 3. The fourth-order valence-corrected chi connectivity index (χ4v) is 1.19. The lowest BCUT2D eigenvalue weighted by molar-refractivity contribution is -0.144. The molecule has 82 valence electrons. The molecule has 2 N–H and O–H groups in total. The summed E-state index contributed by atoms with van der Waals surface area (Å²) >= 11 is 0. The van der Waals surface area contributed by atoms with Crippen molar-refractivity contribution in [1.29, 1.82) is 0 Å². The molecule has 0 bridgehead atoms. The second-order valence-electron chi connectivity index (χ2n) is 3.18. The smallest absolute Gasteiger partial charge is 0.344 e. The first kappa shape index (κ1) is 11.5. The molecule has 1 unspecified atom stereocenters. The normalized spacial score (nSPS) is 12.1. The molecule has 0 aromatic heterocycles. The van der Waals surface area contributed by atoms with E-state index in [4.69, 9.17) is 14.9 Å². The number of aliphatic hydroxyl groups is 1. The Morgan fingerprint density at radius 2 is 2.13 bits per heavy atom. The van der Waals surface area contributed by atoms with E-state index in [9.17, 15) is 4.79 Å². The first-order chi connectivity index (χ1) is 7.15. The summed E-state index contributed by atoms with van der Waals surface area (Å²) in [6.45, 7) is 1.49. The number of ether oxygens (including phenoxy) is 1. The van der Waals surface area contributed by atoms with Crippen LogP contribution >= 0.6 is 0 Å². The highest BCUT2D eigenvalue weighted by atomic mass is 16.5. The molecule has 0 heterocycles. The highest BCUT2D eigenvalue weighted by Crippen LogP contribution is 2.19. The summed E-state index contributed by atoms with van der Waals surface area (Å²) in [7, 11) is 0. The van der Waals surface area contributed by atoms with Crippen molar-refractivity contribution < 1.29 is 19.7 Å². The van der Waals surface area contributed by atoms with E-state index in [-0.39, 0.29) is 6.61 Å². The summed E-state index contributed by atoms with van der Waals surface area (Å²) in [5.41, 5.74) is 0.813. The minimum Gasteiger partial charge on any atom is -0.479 e. The second-order valence-corrected chi connectivity index (χ2v) is 3.18. The van der Waals surface area contributed by atoms with Crippen LogP contribution in [0.5, 0.6) is 5.75 Å². The van der Waals surface area contributed by atoms with Crippen LogP contribution in [0.25, 0.3) is 0 Å². The van der Waals surface area contributed by atoms with Gasteiger partial charge in [-0.1, -0.05) is 18.2 Å². The van der Waals surface area contributed by atoms with Gasteiger partial charge in [-0.3, -0.25) is 0 Å². The van der Waals surface area contributed by atoms with Crippen LogP contribution in [0.3, 0.4) is 0 Å². The van der Waals surface area contributed by atoms with Crippen molar-refractivity contribution in [3.8, 4) is 5.75 Å². The van der Waals surface area contributed by atoms with Crippen LogP contribution < -0.4 is 4.74 Å². The third-order valence-electron chi connectivity index (χ3n) is 2.01. The molecule has 0 spiro atoms. The topological polar surface area (TPSA) is 66.8 Å². The molecule has 0 saturated carbocycles. The molecule has 1 atom stereocenters. The quantitative estimate of drug-likeness (QED) is 0.763. The van der Waals surface area contributed by atoms with Crippen LogP contribution in [-0.4, -0.2) is 28.9 Å². The zero-order valence-corrected chi connectivity index (χ0v) is 8.51. The van der Waals surface area contributed by atoms with Crippen molar-refractivity contribution in [3.05, 3.63) is 29.8 Å². The molecule has 0 amide bonds. The second kappa shape index (κ2) is 5.36.